The van der Waals surface area contributed by atoms with E-state index in [-0.39, 0.29) is 17.2 Å². The molecule has 0 radical (unpaired) electrons. The van der Waals surface area contributed by atoms with Crippen LogP contribution in [0.5, 0.6) is 0 Å². The molecule has 1 saturated heterocycles. The SMILES string of the molecule is Cc1ccc(NC(=O)CCc2ccco2)cc1S(=O)(=O)N1CCCCC1. The van der Waals surface area contributed by atoms with Crippen molar-refractivity contribution < 1.29 is 17.6 Å². The van der Waals surface area contributed by atoms with Gasteiger partial charge in [-0.2, -0.15) is 4.31 Å². The standard InChI is InChI=1S/C19H24N2O4S/c1-15-7-8-16(20-19(22)10-9-17-6-5-13-25-17)14-18(15)26(23,24)21-11-3-2-4-12-21/h5-8,13-14H,2-4,9-12H2,1H3,(H,20,22). The number of piperidine rings is 1. The number of carbonyl (C=O) groups excluding carboxylic acids is 1. The first-order chi connectivity index (χ1) is 12.5. The second-order valence-corrected chi connectivity index (χ2v) is 8.48. The number of furan rings is 1. The second kappa shape index (κ2) is 8.05. The van der Waals surface area contributed by atoms with Gasteiger partial charge >= 0.3 is 0 Å². The number of sulfonamides is 1. The summed E-state index contributed by atoms with van der Waals surface area (Å²) in [7, 11) is -3.53. The van der Waals surface area contributed by atoms with E-state index in [1.54, 1.807) is 41.8 Å². The maximum Gasteiger partial charge on any atom is 0.243 e. The van der Waals surface area contributed by atoms with Crippen LogP contribution in [0.25, 0.3) is 0 Å². The van der Waals surface area contributed by atoms with Crippen LogP contribution in [-0.2, 0) is 21.2 Å². The topological polar surface area (TPSA) is 79.6 Å². The van der Waals surface area contributed by atoms with Gasteiger partial charge in [0.2, 0.25) is 15.9 Å². The lowest BCUT2D eigenvalue weighted by atomic mass is 10.2. The summed E-state index contributed by atoms with van der Waals surface area (Å²) in [4.78, 5) is 12.4. The summed E-state index contributed by atoms with van der Waals surface area (Å²) in [6, 6.07) is 8.63. The molecule has 3 rings (SSSR count). The van der Waals surface area contributed by atoms with Crippen LogP contribution in [0, 0.1) is 6.92 Å². The Kier molecular flexibility index (Phi) is 5.78. The quantitative estimate of drug-likeness (QED) is 0.839. The van der Waals surface area contributed by atoms with Gasteiger partial charge in [0.15, 0.2) is 0 Å². The Morgan fingerprint density at radius 3 is 2.65 bits per heavy atom. The van der Waals surface area contributed by atoms with Crippen LogP contribution < -0.4 is 5.32 Å². The summed E-state index contributed by atoms with van der Waals surface area (Å²) < 4.78 is 32.6. The van der Waals surface area contributed by atoms with Gasteiger partial charge in [-0.05, 0) is 49.6 Å². The lowest BCUT2D eigenvalue weighted by Gasteiger charge is -2.26. The van der Waals surface area contributed by atoms with Gasteiger partial charge in [-0.3, -0.25) is 4.79 Å². The first kappa shape index (κ1) is 18.7. The van der Waals surface area contributed by atoms with Crippen molar-refractivity contribution in [3.05, 3.63) is 47.9 Å². The van der Waals surface area contributed by atoms with E-state index in [0.29, 0.717) is 30.8 Å². The third-order valence-electron chi connectivity index (χ3n) is 4.58. The highest BCUT2D eigenvalue weighted by atomic mass is 32.2. The minimum Gasteiger partial charge on any atom is -0.469 e. The fourth-order valence-corrected chi connectivity index (χ4v) is 4.88. The van der Waals surface area contributed by atoms with Crippen LogP contribution in [-0.4, -0.2) is 31.7 Å². The smallest absolute Gasteiger partial charge is 0.243 e. The largest absolute Gasteiger partial charge is 0.469 e. The van der Waals surface area contributed by atoms with E-state index in [1.807, 2.05) is 6.07 Å². The molecule has 26 heavy (non-hydrogen) atoms. The summed E-state index contributed by atoms with van der Waals surface area (Å²) in [6.45, 7) is 2.89. The first-order valence-corrected chi connectivity index (χ1v) is 10.3. The molecule has 1 aromatic heterocycles. The Morgan fingerprint density at radius 1 is 1.19 bits per heavy atom. The number of carbonyl (C=O) groups is 1. The maximum absolute atomic E-state index is 12.9. The fourth-order valence-electron chi connectivity index (χ4n) is 3.12. The zero-order valence-corrected chi connectivity index (χ0v) is 15.7. The van der Waals surface area contributed by atoms with E-state index in [9.17, 15) is 13.2 Å². The van der Waals surface area contributed by atoms with Crippen LogP contribution in [0.3, 0.4) is 0 Å². The van der Waals surface area contributed by atoms with Crippen molar-refractivity contribution in [2.24, 2.45) is 0 Å². The van der Waals surface area contributed by atoms with Crippen LogP contribution in [0.1, 0.15) is 37.0 Å². The predicted octanol–water partition coefficient (Wildman–Crippen LogP) is 3.33. The van der Waals surface area contributed by atoms with Gasteiger partial charge in [0.25, 0.3) is 0 Å². The van der Waals surface area contributed by atoms with Gasteiger partial charge in [-0.1, -0.05) is 12.5 Å². The van der Waals surface area contributed by atoms with E-state index >= 15 is 0 Å². The molecule has 6 nitrogen and oxygen atoms in total. The second-order valence-electron chi connectivity index (χ2n) is 6.57. The Bertz CT molecular complexity index is 854. The molecule has 1 amide bonds. The number of hydrogen-bond donors (Lipinski definition) is 1. The molecular weight excluding hydrogens is 352 g/mol. The predicted molar refractivity (Wildman–Crippen MR) is 99.4 cm³/mol. The molecule has 0 bridgehead atoms. The molecule has 1 fully saturated rings. The van der Waals surface area contributed by atoms with Gasteiger partial charge in [0.05, 0.1) is 11.2 Å². The average molecular weight is 376 g/mol. The molecule has 0 unspecified atom stereocenters. The normalized spacial score (nSPS) is 15.7. The molecule has 1 N–H and O–H groups in total. The Balaban J connectivity index is 1.71. The van der Waals surface area contributed by atoms with Crippen molar-refractivity contribution in [1.29, 1.82) is 0 Å². The summed E-state index contributed by atoms with van der Waals surface area (Å²) in [5.41, 5.74) is 1.18. The summed E-state index contributed by atoms with van der Waals surface area (Å²) in [6.07, 6.45) is 5.20. The summed E-state index contributed by atoms with van der Waals surface area (Å²) in [5, 5.41) is 2.78. The highest BCUT2D eigenvalue weighted by Gasteiger charge is 2.27. The maximum atomic E-state index is 12.9. The van der Waals surface area contributed by atoms with Crippen molar-refractivity contribution in [2.75, 3.05) is 18.4 Å². The van der Waals surface area contributed by atoms with Gasteiger partial charge in [0.1, 0.15) is 5.76 Å². The molecule has 140 valence electrons. The number of anilines is 1. The number of benzene rings is 1. The van der Waals surface area contributed by atoms with E-state index in [2.05, 4.69) is 5.32 Å². The highest BCUT2D eigenvalue weighted by Crippen LogP contribution is 2.26. The molecular formula is C19H24N2O4S. The third-order valence-corrected chi connectivity index (χ3v) is 6.62. The van der Waals surface area contributed by atoms with Crippen molar-refractivity contribution in [3.8, 4) is 0 Å². The first-order valence-electron chi connectivity index (χ1n) is 8.90. The monoisotopic (exact) mass is 376 g/mol. The minimum absolute atomic E-state index is 0.174. The van der Waals surface area contributed by atoms with E-state index < -0.39 is 10.0 Å². The number of amides is 1. The molecule has 2 aromatic rings. The Labute approximate surface area is 154 Å². The highest BCUT2D eigenvalue weighted by molar-refractivity contribution is 7.89. The van der Waals surface area contributed by atoms with E-state index in [0.717, 1.165) is 25.0 Å². The van der Waals surface area contributed by atoms with Crippen molar-refractivity contribution >= 4 is 21.6 Å². The lowest BCUT2D eigenvalue weighted by molar-refractivity contribution is -0.116. The Morgan fingerprint density at radius 2 is 1.96 bits per heavy atom. The van der Waals surface area contributed by atoms with Crippen LogP contribution >= 0.6 is 0 Å². The lowest BCUT2D eigenvalue weighted by Crippen LogP contribution is -2.36. The molecule has 0 saturated carbocycles. The van der Waals surface area contributed by atoms with E-state index in [1.165, 1.54) is 0 Å². The van der Waals surface area contributed by atoms with E-state index in [4.69, 9.17) is 4.42 Å². The number of hydrogen-bond acceptors (Lipinski definition) is 4. The van der Waals surface area contributed by atoms with Crippen molar-refractivity contribution in [1.82, 2.24) is 4.31 Å². The van der Waals surface area contributed by atoms with Gasteiger partial charge in [0, 0.05) is 31.6 Å². The summed E-state index contributed by atoms with van der Waals surface area (Å²) in [5.74, 6) is 0.573. The van der Waals surface area contributed by atoms with Crippen LogP contribution in [0.4, 0.5) is 5.69 Å². The third kappa shape index (κ3) is 4.34. The molecule has 7 heteroatoms. The number of rotatable bonds is 6. The molecule has 1 aliphatic heterocycles. The molecule has 0 atom stereocenters. The van der Waals surface area contributed by atoms with Crippen molar-refractivity contribution in [3.63, 3.8) is 0 Å². The zero-order chi connectivity index (χ0) is 18.6. The Hall–Kier alpha value is -2.12. The fraction of sp³-hybridized carbons (Fsp3) is 0.421. The zero-order valence-electron chi connectivity index (χ0n) is 14.9. The minimum atomic E-state index is -3.53. The molecule has 0 aliphatic carbocycles. The average Bonchev–Trinajstić information content (AvgIpc) is 3.16. The number of nitrogens with zero attached hydrogens (tertiary/aromatic N) is 1. The van der Waals surface area contributed by atoms with Gasteiger partial charge in [-0.15, -0.1) is 0 Å². The van der Waals surface area contributed by atoms with Crippen LogP contribution in [0.15, 0.2) is 45.9 Å². The molecule has 2 heterocycles. The van der Waals surface area contributed by atoms with Crippen molar-refractivity contribution in [2.45, 2.75) is 43.9 Å². The number of aryl methyl sites for hydroxylation is 2. The molecule has 1 aliphatic rings. The van der Waals surface area contributed by atoms with Gasteiger partial charge in [-0.25, -0.2) is 8.42 Å². The van der Waals surface area contributed by atoms with Crippen LogP contribution in [0.2, 0.25) is 0 Å². The molecule has 1 aromatic carbocycles. The number of nitrogens with one attached hydrogen (secondary N) is 1. The summed E-state index contributed by atoms with van der Waals surface area (Å²) >= 11 is 0. The molecule has 0 spiro atoms. The van der Waals surface area contributed by atoms with Gasteiger partial charge < -0.3 is 9.73 Å².